The van der Waals surface area contributed by atoms with Crippen molar-refractivity contribution in [1.82, 2.24) is 5.32 Å². The van der Waals surface area contributed by atoms with Crippen molar-refractivity contribution in [3.8, 4) is 11.5 Å². The number of halogens is 1. The minimum Gasteiger partial charge on any atom is -0.493 e. The fraction of sp³-hybridized carbons (Fsp3) is 0.571. The van der Waals surface area contributed by atoms with Crippen LogP contribution < -0.4 is 14.8 Å². The van der Waals surface area contributed by atoms with Gasteiger partial charge in [0.25, 0.3) is 0 Å². The van der Waals surface area contributed by atoms with Crippen LogP contribution in [0.2, 0.25) is 0 Å². The van der Waals surface area contributed by atoms with Crippen molar-refractivity contribution in [3.05, 3.63) is 22.2 Å². The molecule has 0 unspecified atom stereocenters. The zero-order chi connectivity index (χ0) is 13.0. The average Bonchev–Trinajstić information content (AvgIpc) is 2.66. The summed E-state index contributed by atoms with van der Waals surface area (Å²) in [5.74, 6) is 1.54. The van der Waals surface area contributed by atoms with Crippen LogP contribution in [0, 0.1) is 0 Å². The molecule has 1 N–H and O–H groups in total. The van der Waals surface area contributed by atoms with E-state index in [1.165, 1.54) is 31.2 Å². The molecular weight excluding hydrogens is 294 g/mol. The normalized spacial score (nSPS) is 20.3. The second kappa shape index (κ2) is 6.43. The SMILES string of the molecule is COc1cc([C@@H]2CCCCCN2)cc(Br)c1OC. The quantitative estimate of drug-likeness (QED) is 0.923. The van der Waals surface area contributed by atoms with Crippen LogP contribution in [-0.2, 0) is 0 Å². The molecule has 0 spiro atoms. The molecule has 18 heavy (non-hydrogen) atoms. The van der Waals surface area contributed by atoms with Crippen molar-refractivity contribution in [2.75, 3.05) is 20.8 Å². The lowest BCUT2D eigenvalue weighted by Crippen LogP contribution is -2.20. The lowest BCUT2D eigenvalue weighted by Gasteiger charge is -2.19. The lowest BCUT2D eigenvalue weighted by atomic mass is 10.0. The first-order chi connectivity index (χ1) is 8.76. The summed E-state index contributed by atoms with van der Waals surface area (Å²) in [6, 6.07) is 4.63. The highest BCUT2D eigenvalue weighted by molar-refractivity contribution is 9.10. The fourth-order valence-electron chi connectivity index (χ4n) is 2.45. The van der Waals surface area contributed by atoms with Crippen molar-refractivity contribution < 1.29 is 9.47 Å². The Hall–Kier alpha value is -0.740. The van der Waals surface area contributed by atoms with Crippen molar-refractivity contribution in [1.29, 1.82) is 0 Å². The first-order valence-electron chi connectivity index (χ1n) is 6.41. The van der Waals surface area contributed by atoms with E-state index < -0.39 is 0 Å². The van der Waals surface area contributed by atoms with Gasteiger partial charge in [0.1, 0.15) is 0 Å². The Morgan fingerprint density at radius 2 is 2.00 bits per heavy atom. The second-order valence-corrected chi connectivity index (χ2v) is 5.45. The molecule has 1 atom stereocenters. The number of rotatable bonds is 3. The van der Waals surface area contributed by atoms with Gasteiger partial charge < -0.3 is 14.8 Å². The molecule has 0 aliphatic carbocycles. The molecule has 1 aromatic rings. The molecule has 4 heteroatoms. The van der Waals surface area contributed by atoms with Gasteiger partial charge in [0.2, 0.25) is 0 Å². The Morgan fingerprint density at radius 1 is 1.17 bits per heavy atom. The predicted octanol–water partition coefficient (Wildman–Crippen LogP) is 3.67. The minimum absolute atomic E-state index is 0.420. The summed E-state index contributed by atoms with van der Waals surface area (Å²) in [4.78, 5) is 0. The van der Waals surface area contributed by atoms with Gasteiger partial charge >= 0.3 is 0 Å². The highest BCUT2D eigenvalue weighted by Gasteiger charge is 2.18. The van der Waals surface area contributed by atoms with E-state index in [1.54, 1.807) is 14.2 Å². The van der Waals surface area contributed by atoms with Gasteiger partial charge in [-0.3, -0.25) is 0 Å². The highest BCUT2D eigenvalue weighted by atomic mass is 79.9. The second-order valence-electron chi connectivity index (χ2n) is 4.59. The number of ether oxygens (including phenoxy) is 2. The molecule has 1 fully saturated rings. The smallest absolute Gasteiger partial charge is 0.174 e. The first kappa shape index (κ1) is 13.7. The monoisotopic (exact) mass is 313 g/mol. The molecule has 3 nitrogen and oxygen atoms in total. The molecule has 1 saturated heterocycles. The van der Waals surface area contributed by atoms with E-state index in [9.17, 15) is 0 Å². The van der Waals surface area contributed by atoms with Gasteiger partial charge in [0.05, 0.1) is 18.7 Å². The number of methoxy groups -OCH3 is 2. The van der Waals surface area contributed by atoms with Crippen LogP contribution in [0.4, 0.5) is 0 Å². The summed E-state index contributed by atoms with van der Waals surface area (Å²) in [5, 5.41) is 3.60. The number of benzene rings is 1. The van der Waals surface area contributed by atoms with Crippen molar-refractivity contribution in [2.45, 2.75) is 31.7 Å². The Balaban J connectivity index is 2.29. The zero-order valence-electron chi connectivity index (χ0n) is 11.0. The number of hydrogen-bond donors (Lipinski definition) is 1. The molecule has 1 aliphatic heterocycles. The average molecular weight is 314 g/mol. The van der Waals surface area contributed by atoms with Gasteiger partial charge in [-0.15, -0.1) is 0 Å². The number of hydrogen-bond acceptors (Lipinski definition) is 3. The maximum Gasteiger partial charge on any atom is 0.174 e. The maximum absolute atomic E-state index is 5.40. The summed E-state index contributed by atoms with van der Waals surface area (Å²) in [6.07, 6.45) is 5.05. The molecular formula is C14H20BrNO2. The molecule has 0 aromatic heterocycles. The Kier molecular flexibility index (Phi) is 4.89. The van der Waals surface area contributed by atoms with Gasteiger partial charge in [-0.05, 0) is 53.0 Å². The zero-order valence-corrected chi connectivity index (χ0v) is 12.5. The molecule has 0 amide bonds. The van der Waals surface area contributed by atoms with Crippen LogP contribution in [0.25, 0.3) is 0 Å². The standard InChI is InChI=1S/C14H20BrNO2/c1-17-13-9-10(8-11(15)14(13)18-2)12-6-4-3-5-7-16-12/h8-9,12,16H,3-7H2,1-2H3/t12-/m0/s1. The van der Waals surface area contributed by atoms with Crippen molar-refractivity contribution in [3.63, 3.8) is 0 Å². The van der Waals surface area contributed by atoms with Crippen LogP contribution in [0.3, 0.4) is 0 Å². The number of nitrogens with one attached hydrogen (secondary N) is 1. The van der Waals surface area contributed by atoms with Crippen LogP contribution in [0.5, 0.6) is 11.5 Å². The molecule has 0 radical (unpaired) electrons. The van der Waals surface area contributed by atoms with Gasteiger partial charge in [0.15, 0.2) is 11.5 Å². The summed E-state index contributed by atoms with van der Waals surface area (Å²) in [7, 11) is 3.33. The van der Waals surface area contributed by atoms with Crippen LogP contribution in [-0.4, -0.2) is 20.8 Å². The predicted molar refractivity (Wildman–Crippen MR) is 76.5 cm³/mol. The fourth-order valence-corrected chi connectivity index (χ4v) is 3.07. The van der Waals surface area contributed by atoms with E-state index in [2.05, 4.69) is 33.4 Å². The van der Waals surface area contributed by atoms with Gasteiger partial charge in [-0.1, -0.05) is 12.8 Å². The highest BCUT2D eigenvalue weighted by Crippen LogP contribution is 2.38. The molecule has 0 saturated carbocycles. The largest absolute Gasteiger partial charge is 0.493 e. The summed E-state index contributed by atoms with van der Waals surface area (Å²) >= 11 is 3.55. The van der Waals surface area contributed by atoms with E-state index in [0.29, 0.717) is 6.04 Å². The Morgan fingerprint density at radius 3 is 2.72 bits per heavy atom. The van der Waals surface area contributed by atoms with E-state index in [1.807, 2.05) is 0 Å². The van der Waals surface area contributed by atoms with Gasteiger partial charge in [-0.25, -0.2) is 0 Å². The molecule has 1 aromatic carbocycles. The molecule has 1 aliphatic rings. The van der Waals surface area contributed by atoms with Crippen LogP contribution in [0.1, 0.15) is 37.3 Å². The maximum atomic E-state index is 5.40. The van der Waals surface area contributed by atoms with E-state index in [0.717, 1.165) is 22.5 Å². The summed E-state index contributed by atoms with van der Waals surface area (Å²) < 4.78 is 11.7. The summed E-state index contributed by atoms with van der Waals surface area (Å²) in [5.41, 5.74) is 1.27. The van der Waals surface area contributed by atoms with E-state index in [4.69, 9.17) is 9.47 Å². The van der Waals surface area contributed by atoms with Crippen molar-refractivity contribution >= 4 is 15.9 Å². The van der Waals surface area contributed by atoms with Crippen LogP contribution >= 0.6 is 15.9 Å². The Labute approximate surface area is 117 Å². The molecule has 2 rings (SSSR count). The summed E-state index contributed by atoms with van der Waals surface area (Å²) in [6.45, 7) is 1.09. The Bertz CT molecular complexity index is 401. The van der Waals surface area contributed by atoms with Gasteiger partial charge in [0, 0.05) is 6.04 Å². The van der Waals surface area contributed by atoms with E-state index in [-0.39, 0.29) is 0 Å². The first-order valence-corrected chi connectivity index (χ1v) is 7.20. The minimum atomic E-state index is 0.420. The molecule has 1 heterocycles. The topological polar surface area (TPSA) is 30.5 Å². The van der Waals surface area contributed by atoms with Crippen molar-refractivity contribution in [2.24, 2.45) is 0 Å². The third-order valence-corrected chi connectivity index (χ3v) is 4.01. The van der Waals surface area contributed by atoms with E-state index >= 15 is 0 Å². The van der Waals surface area contributed by atoms with Gasteiger partial charge in [-0.2, -0.15) is 0 Å². The van der Waals surface area contributed by atoms with Crippen LogP contribution in [0.15, 0.2) is 16.6 Å². The lowest BCUT2D eigenvalue weighted by molar-refractivity contribution is 0.352. The third kappa shape index (κ3) is 2.98. The third-order valence-electron chi connectivity index (χ3n) is 3.42. The molecule has 0 bridgehead atoms. The molecule has 100 valence electrons.